The van der Waals surface area contributed by atoms with E-state index in [1.165, 1.54) is 12.1 Å². The third kappa shape index (κ3) is 4.90. The van der Waals surface area contributed by atoms with Crippen molar-refractivity contribution in [3.05, 3.63) is 53.4 Å². The van der Waals surface area contributed by atoms with Gasteiger partial charge in [-0.3, -0.25) is 4.68 Å². The second kappa shape index (κ2) is 7.97. The number of hydrogen-bond acceptors (Lipinski definition) is 2. The summed E-state index contributed by atoms with van der Waals surface area (Å²) in [5.74, 6) is -1.10. The van der Waals surface area contributed by atoms with E-state index in [1.807, 2.05) is 16.9 Å². The fourth-order valence-electron chi connectivity index (χ4n) is 1.90. The molecule has 0 atom stereocenters. The third-order valence-corrected chi connectivity index (χ3v) is 2.71. The summed E-state index contributed by atoms with van der Waals surface area (Å²) in [5.41, 5.74) is 1.51. The van der Waals surface area contributed by atoms with Gasteiger partial charge < -0.3 is 5.32 Å². The first-order valence-electron chi connectivity index (χ1n) is 6.35. The Bertz CT molecular complexity index is 523. The van der Waals surface area contributed by atoms with Gasteiger partial charge in [-0.1, -0.05) is 6.92 Å². The van der Waals surface area contributed by atoms with E-state index in [4.69, 9.17) is 0 Å². The topological polar surface area (TPSA) is 29.9 Å². The van der Waals surface area contributed by atoms with Crippen molar-refractivity contribution in [2.75, 3.05) is 0 Å². The number of aromatic nitrogens is 2. The Morgan fingerprint density at radius 1 is 1.15 bits per heavy atom. The maximum atomic E-state index is 13.0. The Morgan fingerprint density at radius 3 is 2.50 bits per heavy atom. The molecule has 0 aliphatic heterocycles. The summed E-state index contributed by atoms with van der Waals surface area (Å²) in [6.07, 6.45) is 2.97. The number of aryl methyl sites for hydroxylation is 1. The van der Waals surface area contributed by atoms with E-state index >= 15 is 0 Å². The van der Waals surface area contributed by atoms with Crippen LogP contribution in [0.25, 0.3) is 0 Å². The predicted molar refractivity (Wildman–Crippen MR) is 76.7 cm³/mol. The summed E-state index contributed by atoms with van der Waals surface area (Å²) >= 11 is 0. The minimum absolute atomic E-state index is 0. The molecule has 0 unspecified atom stereocenters. The van der Waals surface area contributed by atoms with Gasteiger partial charge in [-0.15, -0.1) is 12.4 Å². The zero-order valence-corrected chi connectivity index (χ0v) is 12.1. The predicted octanol–water partition coefficient (Wildman–Crippen LogP) is 3.28. The van der Waals surface area contributed by atoms with Gasteiger partial charge in [0.15, 0.2) is 0 Å². The van der Waals surface area contributed by atoms with Crippen LogP contribution in [0.2, 0.25) is 0 Å². The summed E-state index contributed by atoms with van der Waals surface area (Å²) in [5, 5.41) is 7.49. The monoisotopic (exact) mass is 301 g/mol. The molecule has 0 saturated heterocycles. The molecule has 1 heterocycles. The summed E-state index contributed by atoms with van der Waals surface area (Å²) in [7, 11) is 0. The fraction of sp³-hybridized carbons (Fsp3) is 0.357. The van der Waals surface area contributed by atoms with Crippen LogP contribution in [-0.4, -0.2) is 9.78 Å². The smallest absolute Gasteiger partial charge is 0.126 e. The number of benzene rings is 1. The molecule has 0 amide bonds. The molecule has 0 bridgehead atoms. The van der Waals surface area contributed by atoms with E-state index in [1.54, 1.807) is 0 Å². The molecule has 1 aromatic heterocycles. The Hall–Kier alpha value is -1.46. The van der Waals surface area contributed by atoms with Crippen LogP contribution < -0.4 is 5.32 Å². The minimum Gasteiger partial charge on any atom is -0.307 e. The molecule has 6 heteroatoms. The maximum Gasteiger partial charge on any atom is 0.126 e. The van der Waals surface area contributed by atoms with Gasteiger partial charge in [0.2, 0.25) is 0 Å². The lowest BCUT2D eigenvalue weighted by Gasteiger charge is -2.04. The van der Waals surface area contributed by atoms with Crippen LogP contribution in [0.5, 0.6) is 0 Å². The Labute approximate surface area is 123 Å². The van der Waals surface area contributed by atoms with Gasteiger partial charge >= 0.3 is 0 Å². The van der Waals surface area contributed by atoms with E-state index in [2.05, 4.69) is 17.3 Å². The van der Waals surface area contributed by atoms with E-state index < -0.39 is 11.6 Å². The molecule has 0 spiro atoms. The Morgan fingerprint density at radius 2 is 1.85 bits per heavy atom. The molecule has 1 aromatic carbocycles. The van der Waals surface area contributed by atoms with Gasteiger partial charge in [0.1, 0.15) is 11.6 Å². The minimum atomic E-state index is -0.552. The normalized spacial score (nSPS) is 10.3. The van der Waals surface area contributed by atoms with Crippen LogP contribution in [-0.2, 0) is 19.6 Å². The standard InChI is InChI=1S/C14H17F2N3.ClH/c1-2-4-19-5-3-14(18-19)10-17-9-11-6-12(15)8-13(16)7-11;/h3,5-8,17H,2,4,9-10H2,1H3;1H. The lowest BCUT2D eigenvalue weighted by molar-refractivity contribution is 0.569. The molecule has 0 saturated carbocycles. The maximum absolute atomic E-state index is 13.0. The quantitative estimate of drug-likeness (QED) is 0.887. The van der Waals surface area contributed by atoms with E-state index in [0.29, 0.717) is 18.7 Å². The van der Waals surface area contributed by atoms with Gasteiger partial charge in [0.25, 0.3) is 0 Å². The molecule has 3 nitrogen and oxygen atoms in total. The van der Waals surface area contributed by atoms with Crippen LogP contribution in [0.1, 0.15) is 24.6 Å². The molecule has 0 fully saturated rings. The van der Waals surface area contributed by atoms with Crippen molar-refractivity contribution in [2.45, 2.75) is 33.0 Å². The molecule has 110 valence electrons. The van der Waals surface area contributed by atoms with Crippen LogP contribution >= 0.6 is 12.4 Å². The highest BCUT2D eigenvalue weighted by molar-refractivity contribution is 5.85. The zero-order valence-electron chi connectivity index (χ0n) is 11.3. The van der Waals surface area contributed by atoms with Crippen LogP contribution in [0, 0.1) is 11.6 Å². The molecule has 1 N–H and O–H groups in total. The highest BCUT2D eigenvalue weighted by Gasteiger charge is 2.02. The number of nitrogens with one attached hydrogen (secondary N) is 1. The van der Waals surface area contributed by atoms with Gasteiger partial charge in [0.05, 0.1) is 5.69 Å². The van der Waals surface area contributed by atoms with E-state index in [-0.39, 0.29) is 12.4 Å². The first-order valence-corrected chi connectivity index (χ1v) is 6.35. The van der Waals surface area contributed by atoms with Gasteiger partial charge in [-0.05, 0) is 30.2 Å². The number of rotatable bonds is 6. The highest BCUT2D eigenvalue weighted by atomic mass is 35.5. The van der Waals surface area contributed by atoms with Crippen LogP contribution in [0.4, 0.5) is 8.78 Å². The number of hydrogen-bond donors (Lipinski definition) is 1. The lowest BCUT2D eigenvalue weighted by Crippen LogP contribution is -2.13. The molecule has 0 aliphatic rings. The summed E-state index contributed by atoms with van der Waals surface area (Å²) in [6, 6.07) is 5.46. The molecule has 20 heavy (non-hydrogen) atoms. The molecule has 2 rings (SSSR count). The number of halogens is 3. The zero-order chi connectivity index (χ0) is 13.7. The SMILES string of the molecule is CCCn1ccc(CNCc2cc(F)cc(F)c2)n1.Cl. The van der Waals surface area contributed by atoms with Crippen molar-refractivity contribution >= 4 is 12.4 Å². The summed E-state index contributed by atoms with van der Waals surface area (Å²) < 4.78 is 27.9. The molecule has 2 aromatic rings. The summed E-state index contributed by atoms with van der Waals surface area (Å²) in [6.45, 7) is 3.98. The van der Waals surface area contributed by atoms with Crippen molar-refractivity contribution < 1.29 is 8.78 Å². The van der Waals surface area contributed by atoms with Gasteiger partial charge in [-0.25, -0.2) is 8.78 Å². The summed E-state index contributed by atoms with van der Waals surface area (Å²) in [4.78, 5) is 0. The molecular formula is C14H18ClF2N3. The van der Waals surface area contributed by atoms with Crippen molar-refractivity contribution in [1.82, 2.24) is 15.1 Å². The van der Waals surface area contributed by atoms with Crippen LogP contribution in [0.3, 0.4) is 0 Å². The van der Waals surface area contributed by atoms with Gasteiger partial charge in [-0.2, -0.15) is 5.10 Å². The lowest BCUT2D eigenvalue weighted by atomic mass is 10.2. The van der Waals surface area contributed by atoms with E-state index in [0.717, 1.165) is 24.7 Å². The van der Waals surface area contributed by atoms with Crippen molar-refractivity contribution in [3.8, 4) is 0 Å². The molecule has 0 aliphatic carbocycles. The second-order valence-corrected chi connectivity index (χ2v) is 4.45. The molecular weight excluding hydrogens is 284 g/mol. The fourth-order valence-corrected chi connectivity index (χ4v) is 1.90. The Kier molecular flexibility index (Phi) is 6.61. The average molecular weight is 302 g/mol. The van der Waals surface area contributed by atoms with Crippen molar-refractivity contribution in [3.63, 3.8) is 0 Å². The van der Waals surface area contributed by atoms with Crippen LogP contribution in [0.15, 0.2) is 30.5 Å². The van der Waals surface area contributed by atoms with Crippen molar-refractivity contribution in [1.29, 1.82) is 0 Å². The average Bonchev–Trinajstić information content (AvgIpc) is 2.76. The first kappa shape index (κ1) is 16.6. The third-order valence-electron chi connectivity index (χ3n) is 2.71. The highest BCUT2D eigenvalue weighted by Crippen LogP contribution is 2.08. The van der Waals surface area contributed by atoms with Crippen molar-refractivity contribution in [2.24, 2.45) is 0 Å². The van der Waals surface area contributed by atoms with Gasteiger partial charge in [0, 0.05) is 31.9 Å². The Balaban J connectivity index is 0.00000200. The number of nitrogens with zero attached hydrogens (tertiary/aromatic N) is 2. The molecule has 0 radical (unpaired) electrons. The first-order chi connectivity index (χ1) is 9.17. The van der Waals surface area contributed by atoms with E-state index in [9.17, 15) is 8.78 Å². The second-order valence-electron chi connectivity index (χ2n) is 4.45. The largest absolute Gasteiger partial charge is 0.307 e.